The molecule has 5 aliphatic carbocycles. The van der Waals surface area contributed by atoms with Gasteiger partial charge >= 0.3 is 5.97 Å². The van der Waals surface area contributed by atoms with Gasteiger partial charge in [0.05, 0.1) is 35.4 Å². The first-order chi connectivity index (χ1) is 16.6. The summed E-state index contributed by atoms with van der Waals surface area (Å²) in [7, 11) is 3.39. The fourth-order valence-corrected chi connectivity index (χ4v) is 11.5. The number of nitrogens with zero attached hydrogens (tertiary/aromatic N) is 1. The summed E-state index contributed by atoms with van der Waals surface area (Å²) in [5, 5.41) is 25.0. The summed E-state index contributed by atoms with van der Waals surface area (Å²) in [4.78, 5) is 15.1. The van der Waals surface area contributed by atoms with Crippen molar-refractivity contribution in [3.63, 3.8) is 0 Å². The number of ether oxygens (including phenoxy) is 5. The minimum atomic E-state index is -1.29. The van der Waals surface area contributed by atoms with Gasteiger partial charge in [-0.05, 0) is 31.2 Å². The summed E-state index contributed by atoms with van der Waals surface area (Å²) < 4.78 is 31.9. The number of likely N-dealkylation sites (N-methyl/N-ethyl adjacent to an activating group) is 1. The molecule has 35 heavy (non-hydrogen) atoms. The number of esters is 1. The predicted octanol–water partition coefficient (Wildman–Crippen LogP) is 0.696. The van der Waals surface area contributed by atoms with Crippen molar-refractivity contribution >= 4 is 5.97 Å². The Kier molecular flexibility index (Phi) is 4.52. The van der Waals surface area contributed by atoms with E-state index in [2.05, 4.69) is 18.7 Å². The van der Waals surface area contributed by atoms with Gasteiger partial charge in [-0.2, -0.15) is 0 Å². The number of fused-ring (bicyclic) bond motifs is 1. The van der Waals surface area contributed by atoms with Gasteiger partial charge in [0, 0.05) is 51.9 Å². The number of methoxy groups -OCH3 is 2. The SMILES string of the molecule is CCN1C[C@]2(C)CC[C@H](OC)[C@@]34C1[C@@]1(OCO[C@@]15C[C@H](OC)[C@H]1C[C@]3(O)[C@@H]5[C@H]1O)[C@@H](OC(C)=O)[C@H]24. The highest BCUT2D eigenvalue weighted by atomic mass is 16.7. The van der Waals surface area contributed by atoms with Crippen molar-refractivity contribution in [2.75, 3.05) is 34.1 Å². The normalized spacial score (nSPS) is 61.6. The van der Waals surface area contributed by atoms with Crippen LogP contribution >= 0.6 is 0 Å². The number of piperidine rings is 1. The van der Waals surface area contributed by atoms with Crippen LogP contribution in [0.4, 0.5) is 0 Å². The summed E-state index contributed by atoms with van der Waals surface area (Å²) in [6.07, 6.45) is 0.601. The highest BCUT2D eigenvalue weighted by Crippen LogP contribution is 2.83. The zero-order valence-corrected chi connectivity index (χ0v) is 21.4. The Labute approximate surface area is 206 Å². The second kappa shape index (κ2) is 6.79. The largest absolute Gasteiger partial charge is 0.459 e. The van der Waals surface area contributed by atoms with E-state index in [4.69, 9.17) is 23.7 Å². The molecule has 7 fully saturated rings. The lowest BCUT2D eigenvalue weighted by Crippen LogP contribution is -2.85. The van der Waals surface area contributed by atoms with Crippen molar-refractivity contribution in [3.8, 4) is 0 Å². The molecule has 0 aromatic carbocycles. The minimum Gasteiger partial charge on any atom is -0.459 e. The Hall–Kier alpha value is -0.810. The fourth-order valence-electron chi connectivity index (χ4n) is 11.5. The molecule has 5 saturated carbocycles. The maximum absolute atomic E-state index is 13.2. The van der Waals surface area contributed by atoms with Crippen LogP contribution in [0.1, 0.15) is 46.5 Å². The lowest BCUT2D eigenvalue weighted by Gasteiger charge is -2.71. The molecule has 7 rings (SSSR count). The first-order valence-corrected chi connectivity index (χ1v) is 13.3. The molecule has 2 N–H and O–H groups in total. The fraction of sp³-hybridized carbons (Fsp3) is 0.962. The second-order valence-electron chi connectivity index (χ2n) is 12.7. The van der Waals surface area contributed by atoms with Crippen molar-refractivity contribution in [2.24, 2.45) is 28.6 Å². The van der Waals surface area contributed by atoms with E-state index in [9.17, 15) is 15.0 Å². The molecule has 2 saturated heterocycles. The summed E-state index contributed by atoms with van der Waals surface area (Å²) in [6, 6.07) is -0.280. The smallest absolute Gasteiger partial charge is 0.303 e. The van der Waals surface area contributed by atoms with E-state index >= 15 is 0 Å². The molecule has 0 aromatic heterocycles. The molecule has 9 nitrogen and oxygen atoms in total. The molecule has 0 aromatic rings. The van der Waals surface area contributed by atoms with Gasteiger partial charge in [-0.15, -0.1) is 0 Å². The van der Waals surface area contributed by atoms with Crippen LogP contribution in [0.5, 0.6) is 0 Å². The Bertz CT molecular complexity index is 964. The highest BCUT2D eigenvalue weighted by Gasteiger charge is 2.97. The topological polar surface area (TPSA) is 107 Å². The van der Waals surface area contributed by atoms with Crippen LogP contribution in [-0.4, -0.2) is 102 Å². The third-order valence-electron chi connectivity index (χ3n) is 11.9. The Balaban J connectivity index is 1.61. The van der Waals surface area contributed by atoms with E-state index < -0.39 is 40.3 Å². The van der Waals surface area contributed by atoms with Crippen molar-refractivity contribution in [2.45, 2.75) is 93.7 Å². The molecule has 1 unspecified atom stereocenters. The molecule has 2 aliphatic heterocycles. The lowest BCUT2D eigenvalue weighted by molar-refractivity contribution is -0.331. The third kappa shape index (κ3) is 2.09. The second-order valence-corrected chi connectivity index (χ2v) is 12.7. The van der Waals surface area contributed by atoms with Gasteiger partial charge in [0.25, 0.3) is 0 Å². The number of aliphatic hydroxyl groups excluding tert-OH is 1. The Morgan fingerprint density at radius 3 is 2.60 bits per heavy atom. The molecular formula is C26H39NO8. The molecule has 13 atom stereocenters. The number of hydrogen-bond donors (Lipinski definition) is 2. The zero-order chi connectivity index (χ0) is 24.8. The van der Waals surface area contributed by atoms with Gasteiger partial charge < -0.3 is 33.9 Å². The first-order valence-electron chi connectivity index (χ1n) is 13.3. The van der Waals surface area contributed by atoms with Gasteiger partial charge in [-0.3, -0.25) is 9.69 Å². The maximum Gasteiger partial charge on any atom is 0.303 e. The van der Waals surface area contributed by atoms with E-state index in [1.165, 1.54) is 6.92 Å². The molecule has 3 spiro atoms. The summed E-state index contributed by atoms with van der Waals surface area (Å²) in [5.74, 6) is -1.33. The van der Waals surface area contributed by atoms with E-state index in [1.54, 1.807) is 14.2 Å². The van der Waals surface area contributed by atoms with Crippen LogP contribution in [0.25, 0.3) is 0 Å². The van der Waals surface area contributed by atoms with Crippen molar-refractivity contribution in [1.29, 1.82) is 0 Å². The van der Waals surface area contributed by atoms with Crippen LogP contribution in [0.2, 0.25) is 0 Å². The monoisotopic (exact) mass is 493 g/mol. The molecule has 0 amide bonds. The van der Waals surface area contributed by atoms with Gasteiger partial charge in [-0.25, -0.2) is 0 Å². The number of rotatable bonds is 4. The molecule has 2 heterocycles. The van der Waals surface area contributed by atoms with E-state index in [-0.39, 0.29) is 48.3 Å². The molecular weight excluding hydrogens is 454 g/mol. The van der Waals surface area contributed by atoms with Gasteiger partial charge in [0.1, 0.15) is 18.5 Å². The Morgan fingerprint density at radius 2 is 1.94 bits per heavy atom. The molecule has 9 heteroatoms. The minimum absolute atomic E-state index is 0.0311. The van der Waals surface area contributed by atoms with Gasteiger partial charge in [0.15, 0.2) is 5.60 Å². The lowest BCUT2D eigenvalue weighted by atomic mass is 9.41. The van der Waals surface area contributed by atoms with Gasteiger partial charge in [0.2, 0.25) is 0 Å². The standard InChI is InChI=1S/C26H39NO8/c1-6-27-11-22(3)8-7-16(32-5)25-19(22)20(35-13(2)28)26(21(25)27)24(33-12-34-26)10-15(31-4)14-9-23(25,30)18(24)17(14)29/h14-21,29-30H,6-12H2,1-5H3/t14-,15+,16+,17+,18+,19-,20+,21?,22+,23+,24-,25-,26+/m1/s1. The molecule has 7 aliphatic rings. The van der Waals surface area contributed by atoms with Gasteiger partial charge in [-0.1, -0.05) is 13.8 Å². The summed E-state index contributed by atoms with van der Waals surface area (Å²) >= 11 is 0. The zero-order valence-electron chi connectivity index (χ0n) is 21.4. The number of carbonyl (C=O) groups is 1. The average molecular weight is 494 g/mol. The quantitative estimate of drug-likeness (QED) is 0.547. The van der Waals surface area contributed by atoms with Crippen molar-refractivity contribution in [3.05, 3.63) is 0 Å². The number of likely N-dealkylation sites (tertiary alicyclic amines) is 1. The van der Waals surface area contributed by atoms with Crippen molar-refractivity contribution in [1.82, 2.24) is 4.90 Å². The van der Waals surface area contributed by atoms with E-state index in [0.717, 1.165) is 25.9 Å². The van der Waals surface area contributed by atoms with Crippen LogP contribution in [0.3, 0.4) is 0 Å². The van der Waals surface area contributed by atoms with Crippen LogP contribution < -0.4 is 0 Å². The summed E-state index contributed by atoms with van der Waals surface area (Å²) in [6.45, 7) is 7.50. The molecule has 0 radical (unpaired) electrons. The van der Waals surface area contributed by atoms with Crippen LogP contribution in [0.15, 0.2) is 0 Å². The highest BCUT2D eigenvalue weighted by molar-refractivity contribution is 5.67. The first kappa shape index (κ1) is 23.3. The number of hydrogen-bond acceptors (Lipinski definition) is 9. The summed E-state index contributed by atoms with van der Waals surface area (Å²) in [5.41, 5.74) is -4.39. The maximum atomic E-state index is 13.2. The number of aliphatic hydroxyl groups is 2. The van der Waals surface area contributed by atoms with Crippen molar-refractivity contribution < 1.29 is 38.7 Å². The molecule has 196 valence electrons. The molecule has 7 bridgehead atoms. The van der Waals surface area contributed by atoms with E-state index in [0.29, 0.717) is 12.8 Å². The van der Waals surface area contributed by atoms with Crippen LogP contribution in [-0.2, 0) is 28.5 Å². The van der Waals surface area contributed by atoms with E-state index in [1.807, 2.05) is 0 Å². The average Bonchev–Trinajstić information content (AvgIpc) is 3.34. The third-order valence-corrected chi connectivity index (χ3v) is 11.9. The van der Waals surface area contributed by atoms with Crippen LogP contribution in [0, 0.1) is 28.6 Å². The Morgan fingerprint density at radius 1 is 1.17 bits per heavy atom. The predicted molar refractivity (Wildman–Crippen MR) is 121 cm³/mol. The number of carbonyl (C=O) groups excluding carboxylic acids is 1.